The molecule has 0 bridgehead atoms. The van der Waals surface area contributed by atoms with Gasteiger partial charge in [0, 0.05) is 17.6 Å². The normalized spacial score (nSPS) is 18.4. The molecule has 9 nitrogen and oxygen atoms in total. The average molecular weight is 517 g/mol. The van der Waals surface area contributed by atoms with Crippen molar-refractivity contribution < 1.29 is 33.6 Å². The zero-order valence-corrected chi connectivity index (χ0v) is 20.4. The quantitative estimate of drug-likeness (QED) is 0.380. The van der Waals surface area contributed by atoms with E-state index in [-0.39, 0.29) is 25.4 Å². The molecule has 4 aromatic rings. The van der Waals surface area contributed by atoms with Crippen LogP contribution >= 0.6 is 11.7 Å². The number of carbonyl (C=O) groups excluding carboxylic acids is 2. The number of rotatable bonds is 6. The third kappa shape index (κ3) is 4.00. The van der Waals surface area contributed by atoms with Gasteiger partial charge in [-0.05, 0) is 60.5 Å². The van der Waals surface area contributed by atoms with Crippen molar-refractivity contribution in [2.75, 3.05) is 13.4 Å². The first-order chi connectivity index (χ1) is 18.0. The van der Waals surface area contributed by atoms with Gasteiger partial charge >= 0.3 is 11.9 Å². The second kappa shape index (κ2) is 8.99. The van der Waals surface area contributed by atoms with Gasteiger partial charge in [0.1, 0.15) is 11.0 Å². The standard InChI is InChI=1S/C27H20N2O7S/c1-2-33-25(30)16-5-3-15(4-6-16)11-19-24(17-7-10-22-23(12-17)35-14-34-22)26(31)36-27(19,32)18-8-9-20-21(13-18)29-37-28-20/h3-10,12-13,32H,2,11,14H2,1H3. The summed E-state index contributed by atoms with van der Waals surface area (Å²) >= 11 is 1.06. The highest BCUT2D eigenvalue weighted by atomic mass is 32.1. The molecule has 0 amide bonds. The third-order valence-corrected chi connectivity index (χ3v) is 6.86. The minimum absolute atomic E-state index is 0.0909. The lowest BCUT2D eigenvalue weighted by atomic mass is 9.87. The average Bonchev–Trinajstić information content (AvgIpc) is 3.62. The summed E-state index contributed by atoms with van der Waals surface area (Å²) in [6, 6.07) is 17.0. The van der Waals surface area contributed by atoms with Gasteiger partial charge in [0.05, 0.1) is 29.5 Å². The van der Waals surface area contributed by atoms with Crippen LogP contribution in [-0.4, -0.2) is 39.2 Å². The van der Waals surface area contributed by atoms with E-state index in [1.54, 1.807) is 67.6 Å². The number of cyclic esters (lactones) is 1. The van der Waals surface area contributed by atoms with Gasteiger partial charge in [-0.25, -0.2) is 9.59 Å². The zero-order valence-electron chi connectivity index (χ0n) is 19.6. The minimum atomic E-state index is -2.04. The van der Waals surface area contributed by atoms with Crippen LogP contribution in [-0.2, 0) is 26.5 Å². The predicted molar refractivity (Wildman–Crippen MR) is 133 cm³/mol. The molecule has 0 fully saturated rings. The summed E-state index contributed by atoms with van der Waals surface area (Å²) < 4.78 is 30.1. The maximum atomic E-state index is 13.3. The highest BCUT2D eigenvalue weighted by molar-refractivity contribution is 7.00. The van der Waals surface area contributed by atoms with Gasteiger partial charge in [0.2, 0.25) is 6.79 Å². The van der Waals surface area contributed by atoms with Gasteiger partial charge < -0.3 is 24.1 Å². The predicted octanol–water partition coefficient (Wildman–Crippen LogP) is 4.00. The van der Waals surface area contributed by atoms with E-state index >= 15 is 0 Å². The van der Waals surface area contributed by atoms with Crippen molar-refractivity contribution in [3.63, 3.8) is 0 Å². The van der Waals surface area contributed by atoms with E-state index in [2.05, 4.69) is 8.75 Å². The molecule has 10 heteroatoms. The monoisotopic (exact) mass is 516 g/mol. The maximum absolute atomic E-state index is 13.3. The Morgan fingerprint density at radius 1 is 1.03 bits per heavy atom. The van der Waals surface area contributed by atoms with E-state index in [9.17, 15) is 14.7 Å². The zero-order chi connectivity index (χ0) is 25.6. The molecule has 37 heavy (non-hydrogen) atoms. The number of benzene rings is 3. The van der Waals surface area contributed by atoms with Crippen LogP contribution in [0.3, 0.4) is 0 Å². The first-order valence-corrected chi connectivity index (χ1v) is 12.3. The Balaban J connectivity index is 1.47. The van der Waals surface area contributed by atoms with Crippen LogP contribution in [0.2, 0.25) is 0 Å². The van der Waals surface area contributed by atoms with Crippen molar-refractivity contribution in [2.45, 2.75) is 19.1 Å². The molecule has 1 aromatic heterocycles. The van der Waals surface area contributed by atoms with Crippen LogP contribution < -0.4 is 9.47 Å². The molecule has 3 heterocycles. The van der Waals surface area contributed by atoms with Gasteiger partial charge in [-0.15, -0.1) is 0 Å². The highest BCUT2D eigenvalue weighted by Gasteiger charge is 2.48. The lowest BCUT2D eigenvalue weighted by Crippen LogP contribution is -2.29. The SMILES string of the molecule is CCOC(=O)c1ccc(CC2=C(c3ccc4c(c3)OCO4)C(=O)OC2(O)c2ccc3nsnc3c2)cc1. The lowest BCUT2D eigenvalue weighted by molar-refractivity contribution is -0.185. The van der Waals surface area contributed by atoms with Gasteiger partial charge in [0.15, 0.2) is 11.5 Å². The second-order valence-electron chi connectivity index (χ2n) is 8.52. The number of esters is 2. The first-order valence-electron chi connectivity index (χ1n) is 11.5. The van der Waals surface area contributed by atoms with E-state index < -0.39 is 17.7 Å². The van der Waals surface area contributed by atoms with Crippen molar-refractivity contribution in [3.8, 4) is 11.5 Å². The molecule has 0 aliphatic carbocycles. The molecule has 6 rings (SSSR count). The molecule has 0 spiro atoms. The topological polar surface area (TPSA) is 117 Å². The summed E-state index contributed by atoms with van der Waals surface area (Å²) in [7, 11) is 0. The number of carbonyl (C=O) groups is 2. The number of hydrogen-bond donors (Lipinski definition) is 1. The Morgan fingerprint density at radius 2 is 1.81 bits per heavy atom. The number of fused-ring (bicyclic) bond motifs is 2. The lowest BCUT2D eigenvalue weighted by Gasteiger charge is -2.25. The number of aliphatic hydroxyl groups is 1. The van der Waals surface area contributed by atoms with Crippen molar-refractivity contribution in [2.24, 2.45) is 0 Å². The summed E-state index contributed by atoms with van der Waals surface area (Å²) in [5.41, 5.74) is 3.89. The van der Waals surface area contributed by atoms with Crippen molar-refractivity contribution in [1.29, 1.82) is 0 Å². The molecule has 1 unspecified atom stereocenters. The van der Waals surface area contributed by atoms with E-state index in [4.69, 9.17) is 18.9 Å². The Bertz CT molecular complexity index is 1580. The molecule has 0 radical (unpaired) electrons. The number of aromatic nitrogens is 2. The molecule has 3 aromatic carbocycles. The Kier molecular flexibility index (Phi) is 5.62. The fourth-order valence-corrected chi connectivity index (χ4v) is 5.01. The summed E-state index contributed by atoms with van der Waals surface area (Å²) in [6.07, 6.45) is 0.169. The molecule has 1 N–H and O–H groups in total. The number of nitrogens with zero attached hydrogens (tertiary/aromatic N) is 2. The smallest absolute Gasteiger partial charge is 0.342 e. The number of ether oxygens (including phenoxy) is 4. The minimum Gasteiger partial charge on any atom is -0.462 e. The van der Waals surface area contributed by atoms with Crippen molar-refractivity contribution >= 4 is 40.3 Å². The summed E-state index contributed by atoms with van der Waals surface area (Å²) in [6.45, 7) is 2.11. The Morgan fingerprint density at radius 3 is 2.62 bits per heavy atom. The maximum Gasteiger partial charge on any atom is 0.342 e. The van der Waals surface area contributed by atoms with E-state index in [0.29, 0.717) is 44.8 Å². The van der Waals surface area contributed by atoms with Gasteiger partial charge in [-0.1, -0.05) is 18.2 Å². The fraction of sp³-hybridized carbons (Fsp3) is 0.185. The largest absolute Gasteiger partial charge is 0.462 e. The van der Waals surface area contributed by atoms with Gasteiger partial charge in [0.25, 0.3) is 5.79 Å². The second-order valence-corrected chi connectivity index (χ2v) is 9.05. The Hall–Kier alpha value is -4.28. The van der Waals surface area contributed by atoms with Crippen LogP contribution in [0.15, 0.2) is 66.2 Å². The molecule has 2 aliphatic heterocycles. The van der Waals surface area contributed by atoms with Crippen molar-refractivity contribution in [1.82, 2.24) is 8.75 Å². The van der Waals surface area contributed by atoms with E-state index in [1.807, 2.05) is 0 Å². The highest BCUT2D eigenvalue weighted by Crippen LogP contribution is 2.46. The van der Waals surface area contributed by atoms with Crippen LogP contribution in [0, 0.1) is 0 Å². The molecule has 0 saturated carbocycles. The summed E-state index contributed by atoms with van der Waals surface area (Å²) in [5, 5.41) is 11.9. The third-order valence-electron chi connectivity index (χ3n) is 6.31. The molecule has 1 atom stereocenters. The summed E-state index contributed by atoms with van der Waals surface area (Å²) in [4.78, 5) is 25.4. The molecule has 186 valence electrons. The fourth-order valence-electron chi connectivity index (χ4n) is 4.50. The van der Waals surface area contributed by atoms with Crippen LogP contribution in [0.4, 0.5) is 0 Å². The van der Waals surface area contributed by atoms with Crippen LogP contribution in [0.1, 0.15) is 34.0 Å². The van der Waals surface area contributed by atoms with Gasteiger partial charge in [-0.3, -0.25) is 0 Å². The van der Waals surface area contributed by atoms with Crippen LogP contribution in [0.25, 0.3) is 16.6 Å². The molecule has 0 saturated heterocycles. The van der Waals surface area contributed by atoms with Crippen LogP contribution in [0.5, 0.6) is 11.5 Å². The molecular weight excluding hydrogens is 496 g/mol. The Labute approximate surface area is 215 Å². The van der Waals surface area contributed by atoms with E-state index in [1.165, 1.54) is 0 Å². The van der Waals surface area contributed by atoms with Crippen molar-refractivity contribution in [3.05, 3.63) is 88.5 Å². The first kappa shape index (κ1) is 23.1. The molecular formula is C27H20N2O7S. The van der Waals surface area contributed by atoms with E-state index in [0.717, 1.165) is 17.3 Å². The number of hydrogen-bond acceptors (Lipinski definition) is 10. The summed E-state index contributed by atoms with van der Waals surface area (Å²) in [5.74, 6) is -2.06. The molecule has 2 aliphatic rings. The van der Waals surface area contributed by atoms with Gasteiger partial charge in [-0.2, -0.15) is 8.75 Å².